The van der Waals surface area contributed by atoms with Crippen LogP contribution in [-0.4, -0.2) is 35.8 Å². The van der Waals surface area contributed by atoms with Gasteiger partial charge in [0.1, 0.15) is 11.4 Å². The smallest absolute Gasteiger partial charge is 0.296 e. The lowest BCUT2D eigenvalue weighted by atomic mass is 9.90. The molecule has 1 saturated heterocycles. The number of aliphatic hydroxyl groups is 1. The first-order chi connectivity index (χ1) is 8.49. The summed E-state index contributed by atoms with van der Waals surface area (Å²) in [6.07, 6.45) is 0.646. The predicted molar refractivity (Wildman–Crippen MR) is 67.1 cm³/mol. The number of benzene rings is 1. The Bertz CT molecular complexity index is 469. The lowest BCUT2D eigenvalue weighted by Gasteiger charge is -2.47. The van der Waals surface area contributed by atoms with Crippen molar-refractivity contribution in [2.24, 2.45) is 0 Å². The molecule has 1 N–H and O–H groups in total. The highest BCUT2D eigenvalue weighted by Crippen LogP contribution is 2.37. The van der Waals surface area contributed by atoms with Crippen LogP contribution in [0.15, 0.2) is 18.2 Å². The molecule has 0 aliphatic carbocycles. The third-order valence-electron chi connectivity index (χ3n) is 3.35. The minimum Gasteiger partial charge on any atom is -0.496 e. The Morgan fingerprint density at radius 3 is 2.72 bits per heavy atom. The highest BCUT2D eigenvalue weighted by molar-refractivity contribution is 5.67. The van der Waals surface area contributed by atoms with Gasteiger partial charge in [0, 0.05) is 13.1 Å². The number of ether oxygens (including phenoxy) is 1. The maximum Gasteiger partial charge on any atom is 0.296 e. The van der Waals surface area contributed by atoms with Gasteiger partial charge in [-0.25, -0.2) is 0 Å². The minimum atomic E-state index is -0.714. The Hall–Kier alpha value is -1.82. The normalized spacial score (nSPS) is 17.2. The number of hydrogen-bond acceptors (Lipinski definition) is 5. The second-order valence-electron chi connectivity index (χ2n) is 4.55. The molecule has 0 atom stereocenters. The van der Waals surface area contributed by atoms with E-state index in [-0.39, 0.29) is 5.69 Å². The van der Waals surface area contributed by atoms with E-state index in [1.54, 1.807) is 17.0 Å². The van der Waals surface area contributed by atoms with Gasteiger partial charge in [-0.1, -0.05) is 6.92 Å². The third kappa shape index (κ3) is 2.11. The Morgan fingerprint density at radius 1 is 1.56 bits per heavy atom. The predicted octanol–water partition coefficient (Wildman–Crippen LogP) is 1.56. The van der Waals surface area contributed by atoms with Crippen LogP contribution < -0.4 is 9.64 Å². The van der Waals surface area contributed by atoms with Gasteiger partial charge >= 0.3 is 0 Å². The summed E-state index contributed by atoms with van der Waals surface area (Å²) in [6.45, 7) is 2.76. The van der Waals surface area contributed by atoms with Crippen LogP contribution in [0.25, 0.3) is 0 Å². The lowest BCUT2D eigenvalue weighted by molar-refractivity contribution is -0.384. The number of β-amino-alcohol motifs (C(OH)–C–C–N with tert-alkyl or cyclic N) is 1. The molecule has 1 heterocycles. The van der Waals surface area contributed by atoms with E-state index in [0.717, 1.165) is 0 Å². The number of methoxy groups -OCH3 is 1. The van der Waals surface area contributed by atoms with Crippen LogP contribution in [0.5, 0.6) is 5.75 Å². The van der Waals surface area contributed by atoms with Crippen molar-refractivity contribution in [3.05, 3.63) is 28.3 Å². The van der Waals surface area contributed by atoms with Crippen molar-refractivity contribution in [2.75, 3.05) is 25.1 Å². The molecular weight excluding hydrogens is 236 g/mol. The van der Waals surface area contributed by atoms with Crippen LogP contribution in [-0.2, 0) is 0 Å². The molecule has 0 amide bonds. The maximum atomic E-state index is 11.0. The number of nitro benzene ring substituents is 1. The van der Waals surface area contributed by atoms with Crippen molar-refractivity contribution >= 4 is 11.4 Å². The van der Waals surface area contributed by atoms with Gasteiger partial charge in [0.2, 0.25) is 0 Å². The zero-order chi connectivity index (χ0) is 13.3. The molecule has 18 heavy (non-hydrogen) atoms. The molecule has 6 nitrogen and oxygen atoms in total. The summed E-state index contributed by atoms with van der Waals surface area (Å²) in [7, 11) is 1.47. The van der Waals surface area contributed by atoms with E-state index in [4.69, 9.17) is 4.74 Å². The van der Waals surface area contributed by atoms with Crippen LogP contribution in [0, 0.1) is 10.1 Å². The van der Waals surface area contributed by atoms with Crippen molar-refractivity contribution in [3.63, 3.8) is 0 Å². The van der Waals surface area contributed by atoms with Crippen molar-refractivity contribution < 1.29 is 14.8 Å². The Morgan fingerprint density at radius 2 is 2.22 bits per heavy atom. The number of nitrogens with zero attached hydrogens (tertiary/aromatic N) is 2. The summed E-state index contributed by atoms with van der Waals surface area (Å²) in [4.78, 5) is 12.4. The average Bonchev–Trinajstić information content (AvgIpc) is 2.34. The molecule has 0 radical (unpaired) electrons. The van der Waals surface area contributed by atoms with Crippen LogP contribution in [0.2, 0.25) is 0 Å². The van der Waals surface area contributed by atoms with Crippen molar-refractivity contribution in [1.82, 2.24) is 0 Å². The van der Waals surface area contributed by atoms with Crippen LogP contribution >= 0.6 is 0 Å². The van der Waals surface area contributed by atoms with E-state index < -0.39 is 10.5 Å². The molecule has 1 aliphatic heterocycles. The Labute approximate surface area is 105 Å². The van der Waals surface area contributed by atoms with Gasteiger partial charge in [0.05, 0.1) is 23.7 Å². The fourth-order valence-corrected chi connectivity index (χ4v) is 2.10. The Balaban J connectivity index is 2.26. The molecule has 6 heteroatoms. The summed E-state index contributed by atoms with van der Waals surface area (Å²) < 4.78 is 4.98. The summed E-state index contributed by atoms with van der Waals surface area (Å²) in [5.41, 5.74) is -0.181. The van der Waals surface area contributed by atoms with E-state index >= 15 is 0 Å². The molecule has 1 aromatic carbocycles. The fourth-order valence-electron chi connectivity index (χ4n) is 2.10. The first-order valence-electron chi connectivity index (χ1n) is 5.79. The fraction of sp³-hybridized carbons (Fsp3) is 0.500. The summed E-state index contributed by atoms with van der Waals surface area (Å²) in [6, 6.07) is 4.75. The molecule has 0 unspecified atom stereocenters. The van der Waals surface area contributed by atoms with E-state index in [0.29, 0.717) is 30.9 Å². The molecule has 0 aromatic heterocycles. The molecule has 0 saturated carbocycles. The standard InChI is InChI=1S/C12H16N2O4/c1-3-12(15)7-13(8-12)10-5-4-9(18-2)6-11(10)14(16)17/h4-6,15H,3,7-8H2,1-2H3. The molecular formula is C12H16N2O4. The van der Waals surface area contributed by atoms with E-state index in [1.165, 1.54) is 13.2 Å². The van der Waals surface area contributed by atoms with Gasteiger partial charge < -0.3 is 14.7 Å². The minimum absolute atomic E-state index is 0.00695. The second kappa shape index (κ2) is 4.45. The Kier molecular flexibility index (Phi) is 3.13. The number of hydrogen-bond donors (Lipinski definition) is 1. The average molecular weight is 252 g/mol. The molecule has 0 spiro atoms. The van der Waals surface area contributed by atoms with E-state index in [1.807, 2.05) is 6.92 Å². The van der Waals surface area contributed by atoms with Gasteiger partial charge in [-0.3, -0.25) is 10.1 Å². The van der Waals surface area contributed by atoms with Crippen molar-refractivity contribution in [2.45, 2.75) is 18.9 Å². The molecule has 2 rings (SSSR count). The SMILES string of the molecule is CCC1(O)CN(c2ccc(OC)cc2[N+](=O)[O-])C1. The molecule has 0 bridgehead atoms. The number of anilines is 1. The van der Waals surface area contributed by atoms with Gasteiger partial charge in [0.15, 0.2) is 0 Å². The molecule has 1 aromatic rings. The van der Waals surface area contributed by atoms with Gasteiger partial charge in [-0.05, 0) is 18.6 Å². The first kappa shape index (κ1) is 12.6. The summed E-state index contributed by atoms with van der Waals surface area (Å²) >= 11 is 0. The zero-order valence-electron chi connectivity index (χ0n) is 10.4. The largest absolute Gasteiger partial charge is 0.496 e. The van der Waals surface area contributed by atoms with Crippen LogP contribution in [0.3, 0.4) is 0 Å². The summed E-state index contributed by atoms with van der Waals surface area (Å²) in [5.74, 6) is 0.455. The zero-order valence-corrected chi connectivity index (χ0v) is 10.4. The van der Waals surface area contributed by atoms with E-state index in [9.17, 15) is 15.2 Å². The highest BCUT2D eigenvalue weighted by Gasteiger charge is 2.41. The first-order valence-corrected chi connectivity index (χ1v) is 5.79. The molecule has 98 valence electrons. The molecule has 1 fully saturated rings. The highest BCUT2D eigenvalue weighted by atomic mass is 16.6. The second-order valence-corrected chi connectivity index (χ2v) is 4.55. The number of rotatable bonds is 4. The summed E-state index contributed by atoms with van der Waals surface area (Å²) in [5, 5.41) is 21.0. The van der Waals surface area contributed by atoms with Crippen molar-refractivity contribution in [1.29, 1.82) is 0 Å². The van der Waals surface area contributed by atoms with Crippen molar-refractivity contribution in [3.8, 4) is 5.75 Å². The van der Waals surface area contributed by atoms with Gasteiger partial charge in [-0.2, -0.15) is 0 Å². The quantitative estimate of drug-likeness (QED) is 0.650. The van der Waals surface area contributed by atoms with Crippen LogP contribution in [0.4, 0.5) is 11.4 Å². The van der Waals surface area contributed by atoms with Gasteiger partial charge in [-0.15, -0.1) is 0 Å². The monoisotopic (exact) mass is 252 g/mol. The van der Waals surface area contributed by atoms with Gasteiger partial charge in [0.25, 0.3) is 5.69 Å². The lowest BCUT2D eigenvalue weighted by Crippen LogP contribution is -2.61. The third-order valence-corrected chi connectivity index (χ3v) is 3.35. The van der Waals surface area contributed by atoms with E-state index in [2.05, 4.69) is 0 Å². The number of nitro groups is 1. The van der Waals surface area contributed by atoms with Crippen LogP contribution in [0.1, 0.15) is 13.3 Å². The topological polar surface area (TPSA) is 75.8 Å². The molecule has 1 aliphatic rings. The maximum absolute atomic E-state index is 11.0.